The number of allylic oxidation sites excluding steroid dienone is 1. The average Bonchev–Trinajstić information content (AvgIpc) is 2.80. The molecule has 0 N–H and O–H groups in total. The van der Waals surface area contributed by atoms with Crippen LogP contribution >= 0.6 is 0 Å². The molecule has 0 bridgehead atoms. The molecule has 0 spiro atoms. The molecule has 0 saturated carbocycles. The summed E-state index contributed by atoms with van der Waals surface area (Å²) >= 11 is 0. The summed E-state index contributed by atoms with van der Waals surface area (Å²) in [5.74, 6) is -4.32. The summed E-state index contributed by atoms with van der Waals surface area (Å²) in [7, 11) is 1.49. The molecule has 0 saturated heterocycles. The molecule has 1 aliphatic heterocycles. The van der Waals surface area contributed by atoms with Crippen molar-refractivity contribution >= 4 is 11.9 Å². The van der Waals surface area contributed by atoms with E-state index in [0.717, 1.165) is 6.20 Å². The summed E-state index contributed by atoms with van der Waals surface area (Å²) in [5.41, 5.74) is 1.58. The normalized spacial score (nSPS) is 14.4. The van der Waals surface area contributed by atoms with Crippen LogP contribution in [-0.2, 0) is 6.54 Å². The highest BCUT2D eigenvalue weighted by atomic mass is 19.4. The molecule has 0 radical (unpaired) electrons. The fourth-order valence-corrected chi connectivity index (χ4v) is 2.88. The van der Waals surface area contributed by atoms with Gasteiger partial charge in [0.05, 0.1) is 19.2 Å². The molecule has 0 amide bonds. The monoisotopic (exact) mass is 396 g/mol. The van der Waals surface area contributed by atoms with Crippen LogP contribution in [0.3, 0.4) is 0 Å². The van der Waals surface area contributed by atoms with E-state index in [1.807, 2.05) is 0 Å². The average molecular weight is 396 g/mol. The third-order valence-electron chi connectivity index (χ3n) is 4.30. The van der Waals surface area contributed by atoms with Gasteiger partial charge in [-0.15, -0.1) is 0 Å². The Bertz CT molecular complexity index is 905. The third-order valence-corrected chi connectivity index (χ3v) is 4.30. The van der Waals surface area contributed by atoms with E-state index in [1.165, 1.54) is 18.2 Å². The first-order chi connectivity index (χ1) is 13.2. The van der Waals surface area contributed by atoms with Crippen LogP contribution in [0.2, 0.25) is 0 Å². The molecule has 1 aliphatic rings. The molecule has 148 valence electrons. The molecule has 3 nitrogen and oxygen atoms in total. The highest BCUT2D eigenvalue weighted by Crippen LogP contribution is 2.42. The summed E-state index contributed by atoms with van der Waals surface area (Å²) in [6.45, 7) is 0.0807. The highest BCUT2D eigenvalue weighted by molar-refractivity contribution is 5.90. The van der Waals surface area contributed by atoms with E-state index >= 15 is 0 Å². The second kappa shape index (κ2) is 7.61. The van der Waals surface area contributed by atoms with Crippen LogP contribution in [0.15, 0.2) is 65.4 Å². The maximum Gasteiger partial charge on any atom is 0.453 e. The van der Waals surface area contributed by atoms with Gasteiger partial charge in [0.2, 0.25) is 0 Å². The van der Waals surface area contributed by atoms with Gasteiger partial charge in [-0.25, -0.2) is 0 Å². The Morgan fingerprint density at radius 3 is 2.46 bits per heavy atom. The molecule has 0 atom stereocenters. The minimum atomic E-state index is -5.65. The zero-order valence-corrected chi connectivity index (χ0v) is 14.9. The number of aliphatic imine (C=N–C) groups is 1. The number of hydrogen-bond donors (Lipinski definition) is 0. The lowest BCUT2D eigenvalue weighted by Crippen LogP contribution is -2.39. The van der Waals surface area contributed by atoms with Gasteiger partial charge >= 0.3 is 12.1 Å². The molecule has 28 heavy (non-hydrogen) atoms. The largest absolute Gasteiger partial charge is 0.497 e. The summed E-state index contributed by atoms with van der Waals surface area (Å²) in [6.07, 6.45) is -4.66. The lowest BCUT2D eigenvalue weighted by Gasteiger charge is -2.30. The van der Waals surface area contributed by atoms with E-state index in [1.54, 1.807) is 48.5 Å². The molecule has 0 aliphatic carbocycles. The van der Waals surface area contributed by atoms with Crippen molar-refractivity contribution in [2.24, 2.45) is 4.99 Å². The van der Waals surface area contributed by atoms with E-state index in [-0.39, 0.29) is 12.2 Å². The van der Waals surface area contributed by atoms with Crippen LogP contribution in [0, 0.1) is 0 Å². The number of ether oxygens (including phenoxy) is 1. The van der Waals surface area contributed by atoms with Gasteiger partial charge in [0.25, 0.3) is 0 Å². The first kappa shape index (κ1) is 19.9. The van der Waals surface area contributed by atoms with E-state index in [4.69, 9.17) is 4.74 Å². The predicted molar refractivity (Wildman–Crippen MR) is 96.9 cm³/mol. The van der Waals surface area contributed by atoms with Crippen molar-refractivity contribution in [2.75, 3.05) is 12.0 Å². The maximum absolute atomic E-state index is 13.8. The molecule has 0 fully saturated rings. The first-order valence-electron chi connectivity index (χ1n) is 8.37. The Balaban J connectivity index is 2.01. The van der Waals surface area contributed by atoms with Gasteiger partial charge in [-0.05, 0) is 23.8 Å². The van der Waals surface area contributed by atoms with Crippen molar-refractivity contribution < 1.29 is 26.7 Å². The van der Waals surface area contributed by atoms with Crippen LogP contribution < -0.4 is 9.64 Å². The van der Waals surface area contributed by atoms with Crippen LogP contribution in [0.25, 0.3) is 0 Å². The number of nitrogens with zero attached hydrogens (tertiary/aromatic N) is 2. The van der Waals surface area contributed by atoms with Crippen molar-refractivity contribution in [3.63, 3.8) is 0 Å². The fraction of sp³-hybridized carbons (Fsp3) is 0.250. The summed E-state index contributed by atoms with van der Waals surface area (Å²) < 4.78 is 71.1. The molecule has 3 rings (SSSR count). The van der Waals surface area contributed by atoms with Crippen molar-refractivity contribution in [2.45, 2.75) is 25.1 Å². The van der Waals surface area contributed by atoms with Crippen molar-refractivity contribution in [1.29, 1.82) is 0 Å². The van der Waals surface area contributed by atoms with Crippen LogP contribution in [0.4, 0.5) is 27.6 Å². The second-order valence-electron chi connectivity index (χ2n) is 6.27. The number of methoxy groups -OCH3 is 1. The second-order valence-corrected chi connectivity index (χ2v) is 6.27. The predicted octanol–water partition coefficient (Wildman–Crippen LogP) is 5.56. The number of hydrogen-bond acceptors (Lipinski definition) is 3. The van der Waals surface area contributed by atoms with Gasteiger partial charge in [-0.3, -0.25) is 4.99 Å². The van der Waals surface area contributed by atoms with E-state index in [0.29, 0.717) is 22.6 Å². The summed E-state index contributed by atoms with van der Waals surface area (Å²) in [5, 5.41) is 0. The van der Waals surface area contributed by atoms with Crippen molar-refractivity contribution in [1.82, 2.24) is 0 Å². The zero-order valence-electron chi connectivity index (χ0n) is 14.9. The Morgan fingerprint density at radius 1 is 1.00 bits per heavy atom. The van der Waals surface area contributed by atoms with Gasteiger partial charge in [0, 0.05) is 30.2 Å². The number of alkyl halides is 5. The maximum atomic E-state index is 13.8. The SMILES string of the molecule is COc1cccc(CN2C(CC(F)(F)C(F)(F)F)=CN=Cc3ccccc32)c1. The Labute approximate surface area is 158 Å². The number of anilines is 1. The van der Waals surface area contributed by atoms with Gasteiger partial charge < -0.3 is 9.64 Å². The van der Waals surface area contributed by atoms with Gasteiger partial charge in [0.1, 0.15) is 5.75 Å². The molecule has 8 heteroatoms. The molecular weight excluding hydrogens is 379 g/mol. The van der Waals surface area contributed by atoms with E-state index in [2.05, 4.69) is 4.99 Å². The lowest BCUT2D eigenvalue weighted by molar-refractivity contribution is -0.281. The Kier molecular flexibility index (Phi) is 5.40. The molecule has 0 aromatic heterocycles. The van der Waals surface area contributed by atoms with Crippen LogP contribution in [0.1, 0.15) is 17.5 Å². The Hall–Kier alpha value is -2.90. The summed E-state index contributed by atoms with van der Waals surface area (Å²) in [4.78, 5) is 5.36. The topological polar surface area (TPSA) is 24.8 Å². The molecule has 0 unspecified atom stereocenters. The summed E-state index contributed by atoms with van der Waals surface area (Å²) in [6, 6.07) is 13.7. The zero-order chi connectivity index (χ0) is 20.4. The standard InChI is InChI=1S/C20H17F5N2O/c1-28-17-7-4-5-14(9-17)13-27-16(10-19(21,22)20(23,24)25)12-26-11-15-6-2-3-8-18(15)27/h2-9,11-12H,10,13H2,1H3. The van der Waals surface area contributed by atoms with Gasteiger partial charge in [-0.1, -0.05) is 30.3 Å². The number of halogens is 5. The molecule has 2 aromatic carbocycles. The van der Waals surface area contributed by atoms with E-state index < -0.39 is 18.5 Å². The smallest absolute Gasteiger partial charge is 0.453 e. The first-order valence-corrected chi connectivity index (χ1v) is 8.37. The quantitative estimate of drug-likeness (QED) is 0.618. The molecule has 2 aromatic rings. The number of rotatable bonds is 5. The highest BCUT2D eigenvalue weighted by Gasteiger charge is 2.58. The molecule has 1 heterocycles. The number of fused-ring (bicyclic) bond motifs is 1. The van der Waals surface area contributed by atoms with E-state index in [9.17, 15) is 22.0 Å². The number of benzene rings is 2. The third kappa shape index (κ3) is 4.16. The van der Waals surface area contributed by atoms with Gasteiger partial charge in [0.15, 0.2) is 0 Å². The van der Waals surface area contributed by atoms with Crippen molar-refractivity contribution in [3.05, 3.63) is 71.6 Å². The minimum absolute atomic E-state index is 0.0807. The van der Waals surface area contributed by atoms with Crippen LogP contribution in [0.5, 0.6) is 5.75 Å². The Morgan fingerprint density at radius 2 is 1.75 bits per heavy atom. The minimum Gasteiger partial charge on any atom is -0.497 e. The van der Waals surface area contributed by atoms with Crippen LogP contribution in [-0.4, -0.2) is 25.4 Å². The fourth-order valence-electron chi connectivity index (χ4n) is 2.88. The lowest BCUT2D eigenvalue weighted by atomic mass is 10.1. The number of para-hydroxylation sites is 1. The molecular formula is C20H17F5N2O. The van der Waals surface area contributed by atoms with Gasteiger partial charge in [-0.2, -0.15) is 22.0 Å². The van der Waals surface area contributed by atoms with Crippen molar-refractivity contribution in [3.8, 4) is 5.75 Å².